The standard InChI is InChI=1S/C22H18IN3/c23-16-21-24-17-26(25-21)22(18-10-4-1-5-11-18,19-12-6-2-7-13-19)20-14-8-3-9-15-20/h1-15,17H,16H2. The highest BCUT2D eigenvalue weighted by Crippen LogP contribution is 2.40. The number of aromatic nitrogens is 3. The van der Waals surface area contributed by atoms with E-state index in [-0.39, 0.29) is 0 Å². The van der Waals surface area contributed by atoms with Gasteiger partial charge in [0, 0.05) is 0 Å². The minimum atomic E-state index is -0.569. The zero-order valence-corrected chi connectivity index (χ0v) is 16.3. The van der Waals surface area contributed by atoms with E-state index in [0.29, 0.717) is 0 Å². The summed E-state index contributed by atoms with van der Waals surface area (Å²) < 4.78 is 2.78. The van der Waals surface area contributed by atoms with Crippen molar-refractivity contribution in [1.82, 2.24) is 14.8 Å². The van der Waals surface area contributed by atoms with Gasteiger partial charge in [-0.15, -0.1) is 0 Å². The number of hydrogen-bond acceptors (Lipinski definition) is 2. The van der Waals surface area contributed by atoms with E-state index in [0.717, 1.165) is 26.9 Å². The van der Waals surface area contributed by atoms with Crippen molar-refractivity contribution in [2.24, 2.45) is 0 Å². The van der Waals surface area contributed by atoms with Gasteiger partial charge in [0.1, 0.15) is 11.9 Å². The molecule has 0 saturated heterocycles. The molecular weight excluding hydrogens is 433 g/mol. The minimum absolute atomic E-state index is 0.569. The van der Waals surface area contributed by atoms with Crippen molar-refractivity contribution in [3.63, 3.8) is 0 Å². The maximum atomic E-state index is 4.83. The smallest absolute Gasteiger partial charge is 0.160 e. The molecule has 3 aromatic carbocycles. The predicted octanol–water partition coefficient (Wildman–Crippen LogP) is 5.05. The van der Waals surface area contributed by atoms with Gasteiger partial charge in [-0.05, 0) is 16.7 Å². The van der Waals surface area contributed by atoms with Gasteiger partial charge in [0.2, 0.25) is 0 Å². The highest BCUT2D eigenvalue weighted by molar-refractivity contribution is 14.1. The molecule has 0 amide bonds. The summed E-state index contributed by atoms with van der Waals surface area (Å²) in [5, 5.41) is 4.83. The molecule has 3 nitrogen and oxygen atoms in total. The molecular formula is C22H18IN3. The molecule has 4 heteroatoms. The summed E-state index contributed by atoms with van der Waals surface area (Å²) in [4.78, 5) is 4.52. The molecule has 4 rings (SSSR count). The van der Waals surface area contributed by atoms with Crippen LogP contribution in [0.4, 0.5) is 0 Å². The van der Waals surface area contributed by atoms with Crippen molar-refractivity contribution in [3.05, 3.63) is 120 Å². The fourth-order valence-corrected chi connectivity index (χ4v) is 3.80. The minimum Gasteiger partial charge on any atom is -0.233 e. The molecule has 0 saturated carbocycles. The van der Waals surface area contributed by atoms with Gasteiger partial charge in [0.15, 0.2) is 5.82 Å². The lowest BCUT2D eigenvalue weighted by molar-refractivity contribution is 0.456. The number of rotatable bonds is 5. The maximum absolute atomic E-state index is 4.83. The third-order valence-electron chi connectivity index (χ3n) is 4.58. The molecule has 0 aliphatic carbocycles. The summed E-state index contributed by atoms with van der Waals surface area (Å²) in [5.41, 5.74) is 2.90. The molecule has 0 atom stereocenters. The third-order valence-corrected chi connectivity index (χ3v) is 5.26. The highest BCUT2D eigenvalue weighted by atomic mass is 127. The van der Waals surface area contributed by atoms with Crippen LogP contribution < -0.4 is 0 Å². The first-order valence-electron chi connectivity index (χ1n) is 8.49. The summed E-state index contributed by atoms with van der Waals surface area (Å²) in [7, 11) is 0. The Morgan fingerprint density at radius 2 is 1.12 bits per heavy atom. The largest absolute Gasteiger partial charge is 0.233 e. The Labute approximate surface area is 166 Å². The van der Waals surface area contributed by atoms with E-state index in [1.165, 1.54) is 0 Å². The second kappa shape index (κ2) is 7.41. The van der Waals surface area contributed by atoms with Crippen LogP contribution in [0.5, 0.6) is 0 Å². The van der Waals surface area contributed by atoms with E-state index in [1.54, 1.807) is 0 Å². The van der Waals surface area contributed by atoms with Crippen LogP contribution in [0.1, 0.15) is 22.5 Å². The molecule has 128 valence electrons. The first kappa shape index (κ1) is 17.0. The van der Waals surface area contributed by atoms with E-state index in [2.05, 4.69) is 100 Å². The van der Waals surface area contributed by atoms with Gasteiger partial charge in [-0.25, -0.2) is 9.67 Å². The van der Waals surface area contributed by atoms with Crippen LogP contribution in [0.3, 0.4) is 0 Å². The Morgan fingerprint density at radius 1 is 0.692 bits per heavy atom. The van der Waals surface area contributed by atoms with Gasteiger partial charge < -0.3 is 0 Å². The number of halogens is 1. The first-order chi connectivity index (χ1) is 12.9. The van der Waals surface area contributed by atoms with Crippen molar-refractivity contribution in [2.75, 3.05) is 0 Å². The zero-order valence-electron chi connectivity index (χ0n) is 14.2. The summed E-state index contributed by atoms with van der Waals surface area (Å²) in [6.45, 7) is 0. The van der Waals surface area contributed by atoms with Crippen LogP contribution >= 0.6 is 22.6 Å². The third kappa shape index (κ3) is 2.84. The van der Waals surface area contributed by atoms with Crippen LogP contribution in [-0.2, 0) is 9.97 Å². The van der Waals surface area contributed by atoms with Crippen molar-refractivity contribution < 1.29 is 0 Å². The summed E-state index contributed by atoms with van der Waals surface area (Å²) in [6, 6.07) is 31.5. The van der Waals surface area contributed by atoms with Crippen LogP contribution in [0.15, 0.2) is 97.3 Å². The molecule has 26 heavy (non-hydrogen) atoms. The normalized spacial score (nSPS) is 11.4. The van der Waals surface area contributed by atoms with E-state index < -0.39 is 5.54 Å². The van der Waals surface area contributed by atoms with Crippen molar-refractivity contribution in [2.45, 2.75) is 9.97 Å². The SMILES string of the molecule is ICc1ncn(C(c2ccccc2)(c2ccccc2)c2ccccc2)n1. The van der Waals surface area contributed by atoms with Crippen LogP contribution in [0.25, 0.3) is 0 Å². The summed E-state index contributed by atoms with van der Waals surface area (Å²) in [6.07, 6.45) is 1.85. The average Bonchev–Trinajstić information content (AvgIpc) is 3.21. The molecule has 1 aromatic heterocycles. The van der Waals surface area contributed by atoms with E-state index in [9.17, 15) is 0 Å². The molecule has 4 aromatic rings. The van der Waals surface area contributed by atoms with Gasteiger partial charge >= 0.3 is 0 Å². The molecule has 0 N–H and O–H groups in total. The van der Waals surface area contributed by atoms with Crippen molar-refractivity contribution >= 4 is 22.6 Å². The molecule has 0 aliphatic heterocycles. The predicted molar refractivity (Wildman–Crippen MR) is 112 cm³/mol. The van der Waals surface area contributed by atoms with Crippen LogP contribution in [0.2, 0.25) is 0 Å². The molecule has 0 aliphatic rings. The van der Waals surface area contributed by atoms with Gasteiger partial charge in [-0.2, -0.15) is 5.10 Å². The number of alkyl halides is 1. The molecule has 0 spiro atoms. The Morgan fingerprint density at radius 3 is 1.46 bits per heavy atom. The Balaban J connectivity index is 2.10. The van der Waals surface area contributed by atoms with Crippen LogP contribution in [0, 0.1) is 0 Å². The Kier molecular flexibility index (Phi) is 4.84. The van der Waals surface area contributed by atoms with Crippen molar-refractivity contribution in [3.8, 4) is 0 Å². The quantitative estimate of drug-likeness (QED) is 0.242. The summed E-state index contributed by atoms with van der Waals surface area (Å²) in [5.74, 6) is 0.831. The second-order valence-corrected chi connectivity index (χ2v) is 6.81. The second-order valence-electron chi connectivity index (χ2n) is 6.05. The Hall–Kier alpha value is -2.47. The average molecular weight is 451 g/mol. The zero-order chi connectivity index (χ0) is 17.8. The van der Waals surface area contributed by atoms with Crippen LogP contribution in [-0.4, -0.2) is 14.8 Å². The van der Waals surface area contributed by atoms with Crippen molar-refractivity contribution in [1.29, 1.82) is 0 Å². The number of hydrogen-bond donors (Lipinski definition) is 0. The lowest BCUT2D eigenvalue weighted by atomic mass is 9.77. The molecule has 0 bridgehead atoms. The van der Waals surface area contributed by atoms with E-state index >= 15 is 0 Å². The lowest BCUT2D eigenvalue weighted by Gasteiger charge is -2.35. The molecule has 0 unspecified atom stereocenters. The summed E-state index contributed by atoms with van der Waals surface area (Å²) >= 11 is 2.30. The van der Waals surface area contributed by atoms with Gasteiger partial charge in [0.25, 0.3) is 0 Å². The van der Waals surface area contributed by atoms with E-state index in [4.69, 9.17) is 5.10 Å². The molecule has 1 heterocycles. The monoisotopic (exact) mass is 451 g/mol. The highest BCUT2D eigenvalue weighted by Gasteiger charge is 2.39. The molecule has 0 radical (unpaired) electrons. The van der Waals surface area contributed by atoms with E-state index in [1.807, 2.05) is 29.2 Å². The lowest BCUT2D eigenvalue weighted by Crippen LogP contribution is -2.38. The molecule has 0 fully saturated rings. The fourth-order valence-electron chi connectivity index (χ4n) is 3.46. The topological polar surface area (TPSA) is 30.7 Å². The fraction of sp³-hybridized carbons (Fsp3) is 0.0909. The number of benzene rings is 3. The van der Waals surface area contributed by atoms with Gasteiger partial charge in [0.05, 0.1) is 4.43 Å². The van der Waals surface area contributed by atoms with Gasteiger partial charge in [-0.1, -0.05) is 114 Å². The van der Waals surface area contributed by atoms with Gasteiger partial charge in [-0.3, -0.25) is 0 Å². The maximum Gasteiger partial charge on any atom is 0.160 e. The number of nitrogens with zero attached hydrogens (tertiary/aromatic N) is 3. The first-order valence-corrected chi connectivity index (χ1v) is 10.0. The Bertz CT molecular complexity index is 869.